The number of thioether (sulfide) groups is 1. The zero-order valence-corrected chi connectivity index (χ0v) is 22.3. The van der Waals surface area contributed by atoms with E-state index in [9.17, 15) is 32.9 Å². The van der Waals surface area contributed by atoms with Crippen LogP contribution in [0.3, 0.4) is 0 Å². The number of amides is 2. The number of imide groups is 1. The topological polar surface area (TPSA) is 159 Å². The standard InChI is InChI=1S/C24H24N2O10S2/c1-4-5-10-35-22(27)14-25-23(28)21(37-24(25)29)12-16-7-9-19(20(11-16)34-3)36-38(32,33)17-8-6-15(2)18(13-17)26(30)31/h6-9,11-13H,4-5,10,14H2,1-3H3/b21-12-. The lowest BCUT2D eigenvalue weighted by atomic mass is 10.2. The second-order valence-electron chi connectivity index (χ2n) is 8.00. The van der Waals surface area contributed by atoms with Gasteiger partial charge in [-0.2, -0.15) is 8.42 Å². The van der Waals surface area contributed by atoms with Crippen molar-refractivity contribution < 1.29 is 41.4 Å². The first-order valence-electron chi connectivity index (χ1n) is 11.3. The number of nitrogens with zero attached hydrogens (tertiary/aromatic N) is 2. The van der Waals surface area contributed by atoms with Crippen LogP contribution in [-0.4, -0.2) is 55.6 Å². The van der Waals surface area contributed by atoms with Crippen molar-refractivity contribution in [3.63, 3.8) is 0 Å². The van der Waals surface area contributed by atoms with Crippen molar-refractivity contribution in [1.29, 1.82) is 0 Å². The predicted molar refractivity (Wildman–Crippen MR) is 137 cm³/mol. The van der Waals surface area contributed by atoms with Crippen LogP contribution in [-0.2, 0) is 24.4 Å². The molecule has 1 heterocycles. The number of hydrogen-bond acceptors (Lipinski definition) is 11. The van der Waals surface area contributed by atoms with Gasteiger partial charge in [0.2, 0.25) is 0 Å². The molecule has 0 saturated carbocycles. The van der Waals surface area contributed by atoms with Crippen LogP contribution in [0.2, 0.25) is 0 Å². The maximum Gasteiger partial charge on any atom is 0.339 e. The van der Waals surface area contributed by atoms with Crippen molar-refractivity contribution in [1.82, 2.24) is 4.90 Å². The number of unbranched alkanes of at least 4 members (excludes halogenated alkanes) is 1. The Morgan fingerprint density at radius 1 is 1.16 bits per heavy atom. The van der Waals surface area contributed by atoms with Gasteiger partial charge in [0.1, 0.15) is 11.4 Å². The SMILES string of the molecule is CCCCOC(=O)CN1C(=O)S/C(=C\c2ccc(OS(=O)(=O)c3ccc(C)c([N+](=O)[O-])c3)c(OC)c2)C1=O. The Labute approximate surface area is 222 Å². The van der Waals surface area contributed by atoms with Gasteiger partial charge in [0.15, 0.2) is 11.5 Å². The van der Waals surface area contributed by atoms with Crippen molar-refractivity contribution in [3.05, 3.63) is 62.5 Å². The molecule has 3 rings (SSSR count). The zero-order chi connectivity index (χ0) is 28.0. The average molecular weight is 565 g/mol. The third-order valence-electron chi connectivity index (χ3n) is 5.27. The molecule has 0 N–H and O–H groups in total. The Hall–Kier alpha value is -3.91. The molecule has 0 aromatic heterocycles. The van der Waals surface area contributed by atoms with Crippen LogP contribution < -0.4 is 8.92 Å². The first-order chi connectivity index (χ1) is 18.0. The number of esters is 1. The summed E-state index contributed by atoms with van der Waals surface area (Å²) in [4.78, 5) is 47.8. The van der Waals surface area contributed by atoms with Crippen LogP contribution in [0.4, 0.5) is 10.5 Å². The van der Waals surface area contributed by atoms with Gasteiger partial charge in [0.25, 0.3) is 16.8 Å². The number of aryl methyl sites for hydroxylation is 1. The third kappa shape index (κ3) is 6.69. The number of nitro groups is 1. The largest absolute Gasteiger partial charge is 0.493 e. The molecule has 2 aromatic carbocycles. The van der Waals surface area contributed by atoms with Gasteiger partial charge < -0.3 is 13.7 Å². The normalized spacial score (nSPS) is 14.6. The highest BCUT2D eigenvalue weighted by Crippen LogP contribution is 2.35. The minimum absolute atomic E-state index is 0.0114. The Morgan fingerprint density at radius 2 is 1.89 bits per heavy atom. The third-order valence-corrected chi connectivity index (χ3v) is 7.41. The molecule has 2 amide bonds. The summed E-state index contributed by atoms with van der Waals surface area (Å²) in [6.45, 7) is 3.10. The Kier molecular flexibility index (Phi) is 9.12. The van der Waals surface area contributed by atoms with E-state index in [-0.39, 0.29) is 34.3 Å². The quantitative estimate of drug-likeness (QED) is 0.0967. The Balaban J connectivity index is 1.79. The lowest BCUT2D eigenvalue weighted by Crippen LogP contribution is -2.34. The van der Waals surface area contributed by atoms with Crippen LogP contribution >= 0.6 is 11.8 Å². The van der Waals surface area contributed by atoms with E-state index in [0.29, 0.717) is 23.7 Å². The smallest absolute Gasteiger partial charge is 0.339 e. The van der Waals surface area contributed by atoms with Crippen molar-refractivity contribution >= 4 is 50.8 Å². The van der Waals surface area contributed by atoms with Gasteiger partial charge in [-0.3, -0.25) is 29.4 Å². The van der Waals surface area contributed by atoms with Gasteiger partial charge in [-0.25, -0.2) is 0 Å². The molecule has 0 unspecified atom stereocenters. The van der Waals surface area contributed by atoms with Crippen LogP contribution in [0, 0.1) is 17.0 Å². The molecule has 202 valence electrons. The molecule has 1 fully saturated rings. The molecule has 1 aliphatic heterocycles. The zero-order valence-electron chi connectivity index (χ0n) is 20.7. The molecule has 0 atom stereocenters. The van der Waals surface area contributed by atoms with Crippen molar-refractivity contribution in [2.45, 2.75) is 31.6 Å². The molecular formula is C24H24N2O10S2. The van der Waals surface area contributed by atoms with E-state index >= 15 is 0 Å². The van der Waals surface area contributed by atoms with E-state index in [4.69, 9.17) is 13.7 Å². The summed E-state index contributed by atoms with van der Waals surface area (Å²) >= 11 is 0.644. The Bertz CT molecular complexity index is 1420. The minimum Gasteiger partial charge on any atom is -0.493 e. The number of carbonyl (C=O) groups excluding carboxylic acids is 3. The van der Waals surface area contributed by atoms with Crippen molar-refractivity contribution in [3.8, 4) is 11.5 Å². The maximum atomic E-state index is 12.8. The second-order valence-corrected chi connectivity index (χ2v) is 10.5. The van der Waals surface area contributed by atoms with Gasteiger partial charge in [-0.1, -0.05) is 25.5 Å². The van der Waals surface area contributed by atoms with Crippen LogP contribution in [0.1, 0.15) is 30.9 Å². The molecule has 0 spiro atoms. The highest BCUT2D eigenvalue weighted by molar-refractivity contribution is 8.18. The molecule has 1 aliphatic rings. The first kappa shape index (κ1) is 28.7. The summed E-state index contributed by atoms with van der Waals surface area (Å²) in [7, 11) is -3.18. The summed E-state index contributed by atoms with van der Waals surface area (Å²) in [5.74, 6) is -1.57. The summed E-state index contributed by atoms with van der Waals surface area (Å²) in [5, 5.41) is 10.6. The second kappa shape index (κ2) is 12.1. The van der Waals surface area contributed by atoms with Gasteiger partial charge in [-0.15, -0.1) is 0 Å². The number of hydrogen-bond donors (Lipinski definition) is 0. The average Bonchev–Trinajstić information content (AvgIpc) is 3.12. The molecule has 2 aromatic rings. The number of ether oxygens (including phenoxy) is 2. The minimum atomic E-state index is -4.45. The molecule has 0 aliphatic carbocycles. The Morgan fingerprint density at radius 3 is 2.55 bits per heavy atom. The fourth-order valence-corrected chi connectivity index (χ4v) is 5.04. The van der Waals surface area contributed by atoms with E-state index in [1.54, 1.807) is 0 Å². The number of benzene rings is 2. The van der Waals surface area contributed by atoms with Crippen molar-refractivity contribution in [2.24, 2.45) is 0 Å². The maximum absolute atomic E-state index is 12.8. The van der Waals surface area contributed by atoms with Gasteiger partial charge >= 0.3 is 16.1 Å². The summed E-state index contributed by atoms with van der Waals surface area (Å²) in [5.41, 5.74) is 0.294. The lowest BCUT2D eigenvalue weighted by Gasteiger charge is -2.12. The van der Waals surface area contributed by atoms with Gasteiger partial charge in [0, 0.05) is 11.6 Å². The van der Waals surface area contributed by atoms with E-state index in [1.807, 2.05) is 6.92 Å². The molecule has 12 nitrogen and oxygen atoms in total. The number of carbonyl (C=O) groups is 3. The van der Waals surface area contributed by atoms with Gasteiger partial charge in [0.05, 0.1) is 23.5 Å². The molecular weight excluding hydrogens is 540 g/mol. The van der Waals surface area contributed by atoms with E-state index in [2.05, 4.69) is 0 Å². The molecule has 14 heteroatoms. The number of nitro benzene ring substituents is 1. The van der Waals surface area contributed by atoms with Crippen molar-refractivity contribution in [2.75, 3.05) is 20.3 Å². The van der Waals surface area contributed by atoms with E-state index < -0.39 is 43.6 Å². The predicted octanol–water partition coefficient (Wildman–Crippen LogP) is 4.06. The highest BCUT2D eigenvalue weighted by atomic mass is 32.2. The lowest BCUT2D eigenvalue weighted by molar-refractivity contribution is -0.385. The monoisotopic (exact) mass is 564 g/mol. The fraction of sp³-hybridized carbons (Fsp3) is 0.292. The summed E-state index contributed by atoms with van der Waals surface area (Å²) < 4.78 is 40.9. The molecule has 0 radical (unpaired) electrons. The fourth-order valence-electron chi connectivity index (χ4n) is 3.24. The molecule has 0 bridgehead atoms. The first-order valence-corrected chi connectivity index (χ1v) is 13.5. The van der Waals surface area contributed by atoms with E-state index in [0.717, 1.165) is 17.4 Å². The number of methoxy groups -OCH3 is 1. The van der Waals surface area contributed by atoms with Crippen LogP contribution in [0.5, 0.6) is 11.5 Å². The molecule has 38 heavy (non-hydrogen) atoms. The number of rotatable bonds is 11. The van der Waals surface area contributed by atoms with Crippen LogP contribution in [0.15, 0.2) is 46.2 Å². The highest BCUT2D eigenvalue weighted by Gasteiger charge is 2.36. The molecule has 1 saturated heterocycles. The van der Waals surface area contributed by atoms with Crippen LogP contribution in [0.25, 0.3) is 6.08 Å². The van der Waals surface area contributed by atoms with Gasteiger partial charge in [-0.05, 0) is 54.9 Å². The summed E-state index contributed by atoms with van der Waals surface area (Å²) in [6.07, 6.45) is 2.88. The summed E-state index contributed by atoms with van der Waals surface area (Å²) in [6, 6.07) is 7.48. The van der Waals surface area contributed by atoms with E-state index in [1.165, 1.54) is 50.4 Å².